The topological polar surface area (TPSA) is 70.7 Å². The van der Waals surface area contributed by atoms with Gasteiger partial charge < -0.3 is 20.3 Å². The number of rotatable bonds is 6. The van der Waals surface area contributed by atoms with Crippen molar-refractivity contribution in [3.8, 4) is 5.75 Å². The number of nitrogens with zero attached hydrogens (tertiary/aromatic N) is 1. The minimum atomic E-state index is -2.59. The number of halogens is 2. The van der Waals surface area contributed by atoms with E-state index in [-0.39, 0.29) is 29.8 Å². The van der Waals surface area contributed by atoms with Crippen LogP contribution in [0.25, 0.3) is 0 Å². The Morgan fingerprint density at radius 1 is 1.21 bits per heavy atom. The number of amides is 2. The summed E-state index contributed by atoms with van der Waals surface area (Å²) in [7, 11) is 1.51. The van der Waals surface area contributed by atoms with E-state index in [1.54, 1.807) is 41.3 Å². The number of fused-ring (bicyclic) bond motifs is 1. The summed E-state index contributed by atoms with van der Waals surface area (Å²) in [5, 5.41) is 5.22. The molecule has 9 heteroatoms. The molecule has 3 rings (SSSR count). The molecule has 0 fully saturated rings. The lowest BCUT2D eigenvalue weighted by atomic mass is 10.1. The van der Waals surface area contributed by atoms with Crippen molar-refractivity contribution in [2.75, 3.05) is 30.4 Å². The Balaban J connectivity index is 1.75. The maximum atomic E-state index is 12.7. The van der Waals surface area contributed by atoms with Crippen LogP contribution in [0.4, 0.5) is 20.2 Å². The Bertz CT molecular complexity index is 866. The van der Waals surface area contributed by atoms with Crippen molar-refractivity contribution in [2.45, 2.75) is 16.8 Å². The van der Waals surface area contributed by atoms with Gasteiger partial charge in [-0.2, -0.15) is 8.78 Å². The molecular formula is C19H19F2N3O3S. The predicted octanol–water partition coefficient (Wildman–Crippen LogP) is 2.95. The Labute approximate surface area is 165 Å². The predicted molar refractivity (Wildman–Crippen MR) is 104 cm³/mol. The first-order chi connectivity index (χ1) is 13.5. The third kappa shape index (κ3) is 4.72. The van der Waals surface area contributed by atoms with Gasteiger partial charge >= 0.3 is 0 Å². The van der Waals surface area contributed by atoms with Crippen LogP contribution in [0.1, 0.15) is 0 Å². The average Bonchev–Trinajstić information content (AvgIpc) is 2.68. The summed E-state index contributed by atoms with van der Waals surface area (Å²) in [6.45, 7) is 0.138. The van der Waals surface area contributed by atoms with Gasteiger partial charge in [0.1, 0.15) is 5.75 Å². The lowest BCUT2D eigenvalue weighted by Crippen LogP contribution is -2.50. The van der Waals surface area contributed by atoms with Crippen LogP contribution < -0.4 is 20.3 Å². The van der Waals surface area contributed by atoms with Gasteiger partial charge in [-0.25, -0.2) is 0 Å². The van der Waals surface area contributed by atoms with Crippen molar-refractivity contribution in [3.05, 3.63) is 48.5 Å². The van der Waals surface area contributed by atoms with Gasteiger partial charge in [0.25, 0.3) is 11.7 Å². The number of alkyl halides is 2. The summed E-state index contributed by atoms with van der Waals surface area (Å²) in [4.78, 5) is 26.6. The van der Waals surface area contributed by atoms with Crippen LogP contribution in [0.15, 0.2) is 53.4 Å². The molecule has 0 saturated heterocycles. The zero-order valence-corrected chi connectivity index (χ0v) is 15.8. The van der Waals surface area contributed by atoms with Crippen molar-refractivity contribution in [1.82, 2.24) is 5.32 Å². The van der Waals surface area contributed by atoms with Crippen molar-refractivity contribution >= 4 is 35.0 Å². The molecule has 28 heavy (non-hydrogen) atoms. The standard InChI is InChI=1S/C19H19F2N3O3S/c1-22-18(26)15-10-24(13-7-3-4-8-14(13)27-15)11-17(25)23-12-6-2-5-9-16(12)28-19(20)21/h2-9,15,19H,10-11H2,1H3,(H,22,26)(H,23,25)/t15-/m1/s1. The number of ether oxygens (including phenoxy) is 1. The smallest absolute Gasteiger partial charge is 0.288 e. The lowest BCUT2D eigenvalue weighted by Gasteiger charge is -2.35. The molecule has 2 aromatic rings. The van der Waals surface area contributed by atoms with Gasteiger partial charge in [-0.3, -0.25) is 9.59 Å². The van der Waals surface area contributed by atoms with Crippen molar-refractivity contribution in [3.63, 3.8) is 0 Å². The highest BCUT2D eigenvalue weighted by Crippen LogP contribution is 2.34. The molecule has 1 aliphatic rings. The fourth-order valence-electron chi connectivity index (χ4n) is 2.89. The highest BCUT2D eigenvalue weighted by atomic mass is 32.2. The first-order valence-corrected chi connectivity index (χ1v) is 9.42. The molecule has 2 N–H and O–H groups in total. The number of hydrogen-bond donors (Lipinski definition) is 2. The average molecular weight is 407 g/mol. The molecule has 0 spiro atoms. The molecule has 0 aromatic heterocycles. The zero-order chi connectivity index (χ0) is 20.1. The van der Waals surface area contributed by atoms with Gasteiger partial charge in [0.05, 0.1) is 24.5 Å². The van der Waals surface area contributed by atoms with Gasteiger partial charge in [-0.15, -0.1) is 0 Å². The number of para-hydroxylation sites is 3. The number of carbonyl (C=O) groups excluding carboxylic acids is 2. The van der Waals surface area contributed by atoms with Gasteiger partial charge in [0.2, 0.25) is 5.91 Å². The van der Waals surface area contributed by atoms with E-state index in [2.05, 4.69) is 10.6 Å². The Morgan fingerprint density at radius 2 is 1.93 bits per heavy atom. The maximum Gasteiger partial charge on any atom is 0.288 e. The van der Waals surface area contributed by atoms with E-state index in [4.69, 9.17) is 4.74 Å². The van der Waals surface area contributed by atoms with Crippen molar-refractivity contribution in [1.29, 1.82) is 0 Å². The number of carbonyl (C=O) groups is 2. The monoisotopic (exact) mass is 407 g/mol. The largest absolute Gasteiger partial charge is 0.477 e. The van der Waals surface area contributed by atoms with Crippen LogP contribution in [-0.2, 0) is 9.59 Å². The van der Waals surface area contributed by atoms with E-state index in [9.17, 15) is 18.4 Å². The van der Waals surface area contributed by atoms with Crippen molar-refractivity contribution in [2.24, 2.45) is 0 Å². The molecular weight excluding hydrogens is 388 g/mol. The molecule has 1 heterocycles. The third-order valence-electron chi connectivity index (χ3n) is 4.11. The van der Waals surface area contributed by atoms with E-state index < -0.39 is 11.9 Å². The number of thioether (sulfide) groups is 1. The van der Waals surface area contributed by atoms with Crippen LogP contribution in [0.5, 0.6) is 5.75 Å². The summed E-state index contributed by atoms with van der Waals surface area (Å²) in [6.07, 6.45) is -0.755. The van der Waals surface area contributed by atoms with E-state index in [1.807, 2.05) is 6.07 Å². The number of anilines is 2. The number of likely N-dealkylation sites (N-methyl/N-ethyl adjacent to an activating group) is 1. The fraction of sp³-hybridized carbons (Fsp3) is 0.263. The highest BCUT2D eigenvalue weighted by molar-refractivity contribution is 7.99. The molecule has 2 amide bonds. The number of benzene rings is 2. The fourth-order valence-corrected chi connectivity index (χ4v) is 3.48. The van der Waals surface area contributed by atoms with E-state index in [0.717, 1.165) is 0 Å². The second kappa shape index (κ2) is 8.92. The van der Waals surface area contributed by atoms with Crippen LogP contribution in [0.3, 0.4) is 0 Å². The molecule has 0 unspecified atom stereocenters. The summed E-state index contributed by atoms with van der Waals surface area (Å²) in [5.74, 6) is -2.76. The van der Waals surface area contributed by atoms with Gasteiger partial charge in [0, 0.05) is 11.9 Å². The molecule has 0 saturated carbocycles. The molecule has 0 aliphatic carbocycles. The lowest BCUT2D eigenvalue weighted by molar-refractivity contribution is -0.127. The van der Waals surface area contributed by atoms with Gasteiger partial charge in [0.15, 0.2) is 6.10 Å². The quantitative estimate of drug-likeness (QED) is 0.721. The van der Waals surface area contributed by atoms with Crippen LogP contribution in [0, 0.1) is 0 Å². The van der Waals surface area contributed by atoms with Crippen LogP contribution >= 0.6 is 11.8 Å². The van der Waals surface area contributed by atoms with E-state index in [0.29, 0.717) is 28.9 Å². The molecule has 6 nitrogen and oxygen atoms in total. The minimum Gasteiger partial charge on any atom is -0.477 e. The van der Waals surface area contributed by atoms with Crippen molar-refractivity contribution < 1.29 is 23.1 Å². The summed E-state index contributed by atoms with van der Waals surface area (Å²) >= 11 is 0.374. The Hall–Kier alpha value is -2.81. The minimum absolute atomic E-state index is 0.0540. The zero-order valence-electron chi connectivity index (χ0n) is 15.0. The highest BCUT2D eigenvalue weighted by Gasteiger charge is 2.31. The van der Waals surface area contributed by atoms with E-state index in [1.165, 1.54) is 13.1 Å². The van der Waals surface area contributed by atoms with Crippen LogP contribution in [0.2, 0.25) is 0 Å². The first kappa shape index (κ1) is 19.9. The SMILES string of the molecule is CNC(=O)[C@H]1CN(CC(=O)Nc2ccccc2SC(F)F)c2ccccc2O1. The normalized spacial score (nSPS) is 15.6. The number of hydrogen-bond acceptors (Lipinski definition) is 5. The second-order valence-electron chi connectivity index (χ2n) is 5.99. The molecule has 1 atom stereocenters. The molecule has 148 valence electrons. The Morgan fingerprint density at radius 3 is 2.68 bits per heavy atom. The summed E-state index contributed by atoms with van der Waals surface area (Å²) in [5.41, 5.74) is 1.01. The molecule has 2 aromatic carbocycles. The first-order valence-electron chi connectivity index (χ1n) is 8.54. The van der Waals surface area contributed by atoms with E-state index >= 15 is 0 Å². The third-order valence-corrected chi connectivity index (χ3v) is 4.90. The van der Waals surface area contributed by atoms with Gasteiger partial charge in [-0.1, -0.05) is 36.0 Å². The Kier molecular flexibility index (Phi) is 6.35. The summed E-state index contributed by atoms with van der Waals surface area (Å²) < 4.78 is 31.1. The van der Waals surface area contributed by atoms with Crippen LogP contribution in [-0.4, -0.2) is 43.8 Å². The molecule has 1 aliphatic heterocycles. The summed E-state index contributed by atoms with van der Waals surface area (Å²) in [6, 6.07) is 13.5. The molecule has 0 radical (unpaired) electrons. The van der Waals surface area contributed by atoms with Gasteiger partial charge in [-0.05, 0) is 24.3 Å². The second-order valence-corrected chi connectivity index (χ2v) is 7.02. The molecule has 0 bridgehead atoms. The maximum absolute atomic E-state index is 12.7. The number of nitrogens with one attached hydrogen (secondary N) is 2.